The minimum Gasteiger partial charge on any atom is -0.335 e. The highest BCUT2D eigenvalue weighted by Gasteiger charge is 2.27. The van der Waals surface area contributed by atoms with Gasteiger partial charge in [-0.1, -0.05) is 29.8 Å². The van der Waals surface area contributed by atoms with Crippen molar-refractivity contribution in [2.75, 3.05) is 39.8 Å². The van der Waals surface area contributed by atoms with E-state index in [1.54, 1.807) is 0 Å². The van der Waals surface area contributed by atoms with Gasteiger partial charge >= 0.3 is 0 Å². The van der Waals surface area contributed by atoms with Crippen molar-refractivity contribution in [1.29, 1.82) is 0 Å². The lowest BCUT2D eigenvalue weighted by molar-refractivity contribution is -0.132. The van der Waals surface area contributed by atoms with Crippen LogP contribution < -0.4 is 0 Å². The molecule has 29 heavy (non-hydrogen) atoms. The number of piperazine rings is 1. The molecule has 1 fully saturated rings. The molecule has 1 aromatic heterocycles. The van der Waals surface area contributed by atoms with E-state index in [0.717, 1.165) is 38.3 Å². The molecule has 0 aliphatic carbocycles. The first kappa shape index (κ1) is 19.6. The number of aromatic nitrogens is 2. The maximum absolute atomic E-state index is 12.8. The minimum atomic E-state index is -0.00255. The first-order valence-electron chi connectivity index (χ1n) is 10.4. The van der Waals surface area contributed by atoms with E-state index < -0.39 is 0 Å². The molecule has 0 N–H and O–H groups in total. The fraction of sp³-hybridized carbons (Fsp3) is 0.500. The third kappa shape index (κ3) is 4.50. The van der Waals surface area contributed by atoms with E-state index >= 15 is 0 Å². The van der Waals surface area contributed by atoms with Crippen molar-refractivity contribution < 1.29 is 9.59 Å². The summed E-state index contributed by atoms with van der Waals surface area (Å²) in [6, 6.07) is 10.2. The Labute approximate surface area is 171 Å². The molecular weight excluding hydrogens is 366 g/mol. The SMILES string of the molecule is Cc1ccc(CCC(=O)N2CCn3nc(C(=O)N4CCN(C)CC4)cc3C2)cc1. The smallest absolute Gasteiger partial charge is 0.274 e. The van der Waals surface area contributed by atoms with E-state index in [2.05, 4.69) is 48.2 Å². The molecule has 7 nitrogen and oxygen atoms in total. The van der Waals surface area contributed by atoms with Gasteiger partial charge in [-0.2, -0.15) is 5.10 Å². The molecule has 2 aromatic rings. The molecular formula is C22H29N5O2. The number of fused-ring (bicyclic) bond motifs is 1. The number of hydrogen-bond acceptors (Lipinski definition) is 4. The van der Waals surface area contributed by atoms with E-state index in [4.69, 9.17) is 0 Å². The molecule has 2 aliphatic rings. The Kier molecular flexibility index (Phi) is 5.67. The number of nitrogens with zero attached hydrogens (tertiary/aromatic N) is 5. The summed E-state index contributed by atoms with van der Waals surface area (Å²) in [7, 11) is 2.07. The number of hydrogen-bond donors (Lipinski definition) is 0. The Hall–Kier alpha value is -2.67. The highest BCUT2D eigenvalue weighted by molar-refractivity contribution is 5.92. The van der Waals surface area contributed by atoms with Gasteiger partial charge in [0.25, 0.3) is 5.91 Å². The van der Waals surface area contributed by atoms with Crippen LogP contribution in [0.15, 0.2) is 30.3 Å². The van der Waals surface area contributed by atoms with Gasteiger partial charge in [0.2, 0.25) is 5.91 Å². The number of rotatable bonds is 4. The molecule has 2 aliphatic heterocycles. The van der Waals surface area contributed by atoms with Crippen molar-refractivity contribution in [2.24, 2.45) is 0 Å². The predicted octanol–water partition coefficient (Wildman–Crippen LogP) is 1.55. The molecule has 1 aromatic carbocycles. The van der Waals surface area contributed by atoms with Crippen LogP contribution in [-0.4, -0.2) is 76.1 Å². The van der Waals surface area contributed by atoms with Crippen LogP contribution in [0.25, 0.3) is 0 Å². The summed E-state index contributed by atoms with van der Waals surface area (Å²) in [6.07, 6.45) is 1.26. The van der Waals surface area contributed by atoms with Crippen LogP contribution in [-0.2, 0) is 24.3 Å². The van der Waals surface area contributed by atoms with Gasteiger partial charge in [0.1, 0.15) is 0 Å². The van der Waals surface area contributed by atoms with Crippen LogP contribution in [0.1, 0.15) is 33.7 Å². The zero-order chi connectivity index (χ0) is 20.4. The van der Waals surface area contributed by atoms with Gasteiger partial charge in [0.05, 0.1) is 18.8 Å². The van der Waals surface area contributed by atoms with Crippen LogP contribution in [0.3, 0.4) is 0 Å². The number of carbonyl (C=O) groups is 2. The summed E-state index contributed by atoms with van der Waals surface area (Å²) in [6.45, 7) is 7.13. The van der Waals surface area contributed by atoms with Crippen LogP contribution in [0, 0.1) is 6.92 Å². The maximum Gasteiger partial charge on any atom is 0.274 e. The van der Waals surface area contributed by atoms with Crippen molar-refractivity contribution in [2.45, 2.75) is 32.9 Å². The highest BCUT2D eigenvalue weighted by atomic mass is 16.2. The topological polar surface area (TPSA) is 61.7 Å². The third-order valence-electron chi connectivity index (χ3n) is 5.91. The van der Waals surface area contributed by atoms with Crippen molar-refractivity contribution in [3.05, 3.63) is 52.8 Å². The van der Waals surface area contributed by atoms with Gasteiger partial charge < -0.3 is 14.7 Å². The number of benzene rings is 1. The summed E-state index contributed by atoms with van der Waals surface area (Å²) in [5.74, 6) is 0.155. The fourth-order valence-corrected chi connectivity index (χ4v) is 3.92. The number of likely N-dealkylation sites (N-methyl/N-ethyl adjacent to an activating group) is 1. The Morgan fingerprint density at radius 3 is 2.38 bits per heavy atom. The molecule has 0 unspecified atom stereocenters. The quantitative estimate of drug-likeness (QED) is 0.788. The summed E-state index contributed by atoms with van der Waals surface area (Å²) in [4.78, 5) is 31.4. The second kappa shape index (κ2) is 8.37. The van der Waals surface area contributed by atoms with E-state index in [9.17, 15) is 9.59 Å². The lowest BCUT2D eigenvalue weighted by Crippen LogP contribution is -2.47. The largest absolute Gasteiger partial charge is 0.335 e. The summed E-state index contributed by atoms with van der Waals surface area (Å²) >= 11 is 0. The molecule has 2 amide bonds. The van der Waals surface area contributed by atoms with Gasteiger partial charge in [-0.15, -0.1) is 0 Å². The fourth-order valence-electron chi connectivity index (χ4n) is 3.92. The molecule has 0 spiro atoms. The molecule has 1 saturated heterocycles. The van der Waals surface area contributed by atoms with Crippen molar-refractivity contribution in [3.63, 3.8) is 0 Å². The Morgan fingerprint density at radius 1 is 0.966 bits per heavy atom. The second-order valence-corrected chi connectivity index (χ2v) is 8.14. The first-order valence-corrected chi connectivity index (χ1v) is 10.4. The van der Waals surface area contributed by atoms with E-state index in [1.165, 1.54) is 11.1 Å². The van der Waals surface area contributed by atoms with Crippen LogP contribution >= 0.6 is 0 Å². The lowest BCUT2D eigenvalue weighted by atomic mass is 10.1. The van der Waals surface area contributed by atoms with E-state index in [-0.39, 0.29) is 11.8 Å². The van der Waals surface area contributed by atoms with Gasteiger partial charge in [0.15, 0.2) is 5.69 Å². The number of amides is 2. The van der Waals surface area contributed by atoms with Gasteiger partial charge in [0, 0.05) is 39.1 Å². The monoisotopic (exact) mass is 395 g/mol. The molecule has 7 heteroatoms. The van der Waals surface area contributed by atoms with Gasteiger partial charge in [-0.05, 0) is 32.0 Å². The molecule has 4 rings (SSSR count). The summed E-state index contributed by atoms with van der Waals surface area (Å²) in [5.41, 5.74) is 3.85. The molecule has 154 valence electrons. The minimum absolute atomic E-state index is 0.00255. The second-order valence-electron chi connectivity index (χ2n) is 8.14. The standard InChI is InChI=1S/C22H29N5O2/c1-17-3-5-18(6-4-17)7-8-21(28)26-13-14-27-19(16-26)15-20(23-27)22(29)25-11-9-24(2)10-12-25/h3-6,15H,7-14,16H2,1-2H3. The average molecular weight is 396 g/mol. The molecule has 0 atom stereocenters. The normalized spacial score (nSPS) is 17.3. The lowest BCUT2D eigenvalue weighted by Gasteiger charge is -2.31. The van der Waals surface area contributed by atoms with Crippen molar-refractivity contribution in [3.8, 4) is 0 Å². The molecule has 0 radical (unpaired) electrons. The predicted molar refractivity (Wildman–Crippen MR) is 111 cm³/mol. The number of carbonyl (C=O) groups excluding carboxylic acids is 2. The van der Waals surface area contributed by atoms with Gasteiger partial charge in [-0.25, -0.2) is 0 Å². The number of aryl methyl sites for hydroxylation is 2. The van der Waals surface area contributed by atoms with Crippen LogP contribution in [0.2, 0.25) is 0 Å². The van der Waals surface area contributed by atoms with Crippen molar-refractivity contribution in [1.82, 2.24) is 24.5 Å². The molecule has 3 heterocycles. The summed E-state index contributed by atoms with van der Waals surface area (Å²) < 4.78 is 1.88. The van der Waals surface area contributed by atoms with Gasteiger partial charge in [-0.3, -0.25) is 14.3 Å². The molecule has 0 bridgehead atoms. The zero-order valence-electron chi connectivity index (χ0n) is 17.3. The van der Waals surface area contributed by atoms with E-state index in [0.29, 0.717) is 31.7 Å². The first-order chi connectivity index (χ1) is 14.0. The molecule has 0 saturated carbocycles. The Morgan fingerprint density at radius 2 is 1.66 bits per heavy atom. The maximum atomic E-state index is 12.8. The third-order valence-corrected chi connectivity index (χ3v) is 5.91. The Bertz CT molecular complexity index is 881. The van der Waals surface area contributed by atoms with Crippen molar-refractivity contribution >= 4 is 11.8 Å². The Balaban J connectivity index is 1.35. The zero-order valence-corrected chi connectivity index (χ0v) is 17.3. The highest BCUT2D eigenvalue weighted by Crippen LogP contribution is 2.17. The van der Waals surface area contributed by atoms with Crippen LogP contribution in [0.4, 0.5) is 0 Å². The van der Waals surface area contributed by atoms with E-state index in [1.807, 2.05) is 20.5 Å². The average Bonchev–Trinajstić information content (AvgIpc) is 3.16. The summed E-state index contributed by atoms with van der Waals surface area (Å²) in [5, 5.41) is 4.51. The van der Waals surface area contributed by atoms with Crippen LogP contribution in [0.5, 0.6) is 0 Å².